The van der Waals surface area contributed by atoms with Gasteiger partial charge in [0.1, 0.15) is 12.4 Å². The summed E-state index contributed by atoms with van der Waals surface area (Å²) in [5, 5.41) is 9.27. The van der Waals surface area contributed by atoms with Gasteiger partial charge in [0, 0.05) is 6.42 Å². The summed E-state index contributed by atoms with van der Waals surface area (Å²) in [7, 11) is 0. The molecule has 2 heteroatoms. The molecule has 0 fully saturated rings. The molecule has 0 saturated heterocycles. The SMILES string of the molecule is C[C@H](O)COc1ccccc1Cc1ccccc1. The van der Waals surface area contributed by atoms with Crippen molar-refractivity contribution in [2.24, 2.45) is 0 Å². The molecule has 1 N–H and O–H groups in total. The van der Waals surface area contributed by atoms with Crippen LogP contribution in [-0.2, 0) is 6.42 Å². The maximum atomic E-state index is 9.27. The summed E-state index contributed by atoms with van der Waals surface area (Å²) in [6.45, 7) is 2.05. The molecule has 2 nitrogen and oxygen atoms in total. The molecule has 0 saturated carbocycles. The molecule has 0 radical (unpaired) electrons. The quantitative estimate of drug-likeness (QED) is 0.873. The number of aliphatic hydroxyl groups is 1. The van der Waals surface area contributed by atoms with E-state index in [1.807, 2.05) is 36.4 Å². The molecule has 2 aromatic rings. The zero-order valence-corrected chi connectivity index (χ0v) is 10.5. The lowest BCUT2D eigenvalue weighted by molar-refractivity contribution is 0.122. The van der Waals surface area contributed by atoms with Gasteiger partial charge in [-0.05, 0) is 24.1 Å². The minimum atomic E-state index is -0.449. The Morgan fingerprint density at radius 3 is 2.39 bits per heavy atom. The molecule has 0 aliphatic carbocycles. The maximum Gasteiger partial charge on any atom is 0.122 e. The fourth-order valence-corrected chi connectivity index (χ4v) is 1.82. The lowest BCUT2D eigenvalue weighted by atomic mass is 10.0. The zero-order valence-electron chi connectivity index (χ0n) is 10.5. The summed E-state index contributed by atoms with van der Waals surface area (Å²) in [4.78, 5) is 0. The first kappa shape index (κ1) is 12.7. The largest absolute Gasteiger partial charge is 0.491 e. The first-order valence-corrected chi connectivity index (χ1v) is 6.18. The van der Waals surface area contributed by atoms with Gasteiger partial charge in [0.15, 0.2) is 0 Å². The van der Waals surface area contributed by atoms with Crippen molar-refractivity contribution < 1.29 is 9.84 Å². The van der Waals surface area contributed by atoms with Gasteiger partial charge in [-0.25, -0.2) is 0 Å². The van der Waals surface area contributed by atoms with E-state index in [1.165, 1.54) is 5.56 Å². The smallest absolute Gasteiger partial charge is 0.122 e. The maximum absolute atomic E-state index is 9.27. The molecule has 0 aliphatic heterocycles. The highest BCUT2D eigenvalue weighted by Gasteiger charge is 2.05. The fourth-order valence-electron chi connectivity index (χ4n) is 1.82. The Balaban J connectivity index is 2.12. The molecular weight excluding hydrogens is 224 g/mol. The minimum absolute atomic E-state index is 0.325. The zero-order chi connectivity index (χ0) is 12.8. The van der Waals surface area contributed by atoms with E-state index in [0.29, 0.717) is 6.61 Å². The summed E-state index contributed by atoms with van der Waals surface area (Å²) in [6.07, 6.45) is 0.395. The molecule has 0 heterocycles. The van der Waals surface area contributed by atoms with E-state index in [4.69, 9.17) is 4.74 Å². The second-order valence-electron chi connectivity index (χ2n) is 4.43. The van der Waals surface area contributed by atoms with Crippen LogP contribution in [0.5, 0.6) is 5.75 Å². The van der Waals surface area contributed by atoms with E-state index in [0.717, 1.165) is 17.7 Å². The van der Waals surface area contributed by atoms with Crippen molar-refractivity contribution in [1.29, 1.82) is 0 Å². The van der Waals surface area contributed by atoms with Gasteiger partial charge in [0.25, 0.3) is 0 Å². The lowest BCUT2D eigenvalue weighted by Gasteiger charge is -2.12. The van der Waals surface area contributed by atoms with Crippen molar-refractivity contribution in [2.75, 3.05) is 6.61 Å². The Labute approximate surface area is 108 Å². The van der Waals surface area contributed by atoms with E-state index in [9.17, 15) is 5.11 Å². The molecule has 94 valence electrons. The highest BCUT2D eigenvalue weighted by Crippen LogP contribution is 2.21. The van der Waals surface area contributed by atoms with Crippen LogP contribution in [0, 0.1) is 0 Å². The lowest BCUT2D eigenvalue weighted by Crippen LogP contribution is -2.13. The van der Waals surface area contributed by atoms with E-state index < -0.39 is 6.10 Å². The van der Waals surface area contributed by atoms with Gasteiger partial charge in [0.2, 0.25) is 0 Å². The molecule has 0 unspecified atom stereocenters. The van der Waals surface area contributed by atoms with Crippen LogP contribution >= 0.6 is 0 Å². The summed E-state index contributed by atoms with van der Waals surface area (Å²) in [6, 6.07) is 18.3. The van der Waals surface area contributed by atoms with Crippen molar-refractivity contribution in [2.45, 2.75) is 19.4 Å². The third-order valence-electron chi connectivity index (χ3n) is 2.69. The predicted octanol–water partition coefficient (Wildman–Crippen LogP) is 3.04. The molecule has 0 spiro atoms. The van der Waals surface area contributed by atoms with Gasteiger partial charge >= 0.3 is 0 Å². The number of aliphatic hydroxyl groups excluding tert-OH is 1. The summed E-state index contributed by atoms with van der Waals surface area (Å²) >= 11 is 0. The average molecular weight is 242 g/mol. The monoisotopic (exact) mass is 242 g/mol. The van der Waals surface area contributed by atoms with Crippen LogP contribution in [0.15, 0.2) is 54.6 Å². The van der Waals surface area contributed by atoms with E-state index >= 15 is 0 Å². The van der Waals surface area contributed by atoms with Crippen LogP contribution in [0.3, 0.4) is 0 Å². The Morgan fingerprint density at radius 2 is 1.67 bits per heavy atom. The van der Waals surface area contributed by atoms with Crippen molar-refractivity contribution in [3.8, 4) is 5.75 Å². The van der Waals surface area contributed by atoms with Crippen molar-refractivity contribution in [3.05, 3.63) is 65.7 Å². The number of hydrogen-bond acceptors (Lipinski definition) is 2. The van der Waals surface area contributed by atoms with Gasteiger partial charge < -0.3 is 9.84 Å². The molecule has 0 amide bonds. The third kappa shape index (κ3) is 3.60. The molecule has 1 atom stereocenters. The standard InChI is InChI=1S/C16H18O2/c1-13(17)12-18-16-10-6-5-9-15(16)11-14-7-3-2-4-8-14/h2-10,13,17H,11-12H2,1H3/t13-/m0/s1. The average Bonchev–Trinajstić information content (AvgIpc) is 2.39. The molecule has 18 heavy (non-hydrogen) atoms. The first-order valence-electron chi connectivity index (χ1n) is 6.18. The third-order valence-corrected chi connectivity index (χ3v) is 2.69. The fraction of sp³-hybridized carbons (Fsp3) is 0.250. The first-order chi connectivity index (χ1) is 8.75. The Morgan fingerprint density at radius 1 is 1.00 bits per heavy atom. The van der Waals surface area contributed by atoms with Crippen LogP contribution in [0.1, 0.15) is 18.1 Å². The van der Waals surface area contributed by atoms with Crippen molar-refractivity contribution in [1.82, 2.24) is 0 Å². The molecular formula is C16H18O2. The Kier molecular flexibility index (Phi) is 4.37. The van der Waals surface area contributed by atoms with E-state index in [1.54, 1.807) is 6.92 Å². The van der Waals surface area contributed by atoms with Crippen LogP contribution < -0.4 is 4.74 Å². The van der Waals surface area contributed by atoms with Crippen LogP contribution in [0.25, 0.3) is 0 Å². The second-order valence-corrected chi connectivity index (χ2v) is 4.43. The van der Waals surface area contributed by atoms with Gasteiger partial charge in [-0.1, -0.05) is 48.5 Å². The van der Waals surface area contributed by atoms with Gasteiger partial charge in [-0.3, -0.25) is 0 Å². The molecule has 2 rings (SSSR count). The van der Waals surface area contributed by atoms with Crippen molar-refractivity contribution >= 4 is 0 Å². The van der Waals surface area contributed by atoms with Crippen LogP contribution in [-0.4, -0.2) is 17.8 Å². The highest BCUT2D eigenvalue weighted by atomic mass is 16.5. The second kappa shape index (κ2) is 6.22. The summed E-state index contributed by atoms with van der Waals surface area (Å²) < 4.78 is 5.62. The number of para-hydroxylation sites is 1. The van der Waals surface area contributed by atoms with Crippen LogP contribution in [0.2, 0.25) is 0 Å². The summed E-state index contributed by atoms with van der Waals surface area (Å²) in [5.74, 6) is 0.849. The van der Waals surface area contributed by atoms with Crippen LogP contribution in [0.4, 0.5) is 0 Å². The number of hydrogen-bond donors (Lipinski definition) is 1. The Hall–Kier alpha value is -1.80. The van der Waals surface area contributed by atoms with E-state index in [-0.39, 0.29) is 0 Å². The molecule has 0 bridgehead atoms. The number of ether oxygens (including phenoxy) is 1. The topological polar surface area (TPSA) is 29.5 Å². The normalized spacial score (nSPS) is 12.1. The summed E-state index contributed by atoms with van der Waals surface area (Å²) in [5.41, 5.74) is 2.40. The van der Waals surface area contributed by atoms with E-state index in [2.05, 4.69) is 18.2 Å². The van der Waals surface area contributed by atoms with Gasteiger partial charge in [-0.15, -0.1) is 0 Å². The predicted molar refractivity (Wildman–Crippen MR) is 72.9 cm³/mol. The molecule has 2 aromatic carbocycles. The van der Waals surface area contributed by atoms with Crippen molar-refractivity contribution in [3.63, 3.8) is 0 Å². The minimum Gasteiger partial charge on any atom is -0.491 e. The highest BCUT2D eigenvalue weighted by molar-refractivity contribution is 5.37. The number of rotatable bonds is 5. The molecule has 0 aliphatic rings. The Bertz CT molecular complexity index is 477. The van der Waals surface area contributed by atoms with Gasteiger partial charge in [0.05, 0.1) is 6.10 Å². The van der Waals surface area contributed by atoms with Gasteiger partial charge in [-0.2, -0.15) is 0 Å². The molecule has 0 aromatic heterocycles. The number of benzene rings is 2.